The largest absolute Gasteiger partial charge is 0.465 e. The molecule has 0 bridgehead atoms. The van der Waals surface area contributed by atoms with Crippen molar-refractivity contribution in [2.24, 2.45) is 0 Å². The number of hydrogen-bond donors (Lipinski definition) is 0. The van der Waals surface area contributed by atoms with Crippen LogP contribution in [0.25, 0.3) is 0 Å². The van der Waals surface area contributed by atoms with Crippen LogP contribution < -0.4 is 0 Å². The van der Waals surface area contributed by atoms with Crippen LogP contribution in [0.3, 0.4) is 0 Å². The van der Waals surface area contributed by atoms with Gasteiger partial charge in [-0.05, 0) is 18.6 Å². The van der Waals surface area contributed by atoms with Gasteiger partial charge in [0.15, 0.2) is 0 Å². The molecule has 0 N–H and O–H groups in total. The molecule has 0 fully saturated rings. The molecule has 0 radical (unpaired) electrons. The van der Waals surface area contributed by atoms with Crippen LogP contribution in [0.2, 0.25) is 0 Å². The van der Waals surface area contributed by atoms with Crippen LogP contribution in [0.5, 0.6) is 0 Å². The number of esters is 1. The number of rotatable bonds is 3. The molecule has 13 heavy (non-hydrogen) atoms. The number of methoxy groups -OCH3 is 1. The maximum Gasteiger partial charge on any atom is 0.339 e. The van der Waals surface area contributed by atoms with Crippen LogP contribution in [0.4, 0.5) is 0 Å². The summed E-state index contributed by atoms with van der Waals surface area (Å²) in [5.41, 5.74) is 1.45. The Balaban J connectivity index is 2.75. The van der Waals surface area contributed by atoms with Crippen LogP contribution in [0.1, 0.15) is 16.1 Å². The molecule has 0 atom stereocenters. The van der Waals surface area contributed by atoms with E-state index in [0.29, 0.717) is 5.56 Å². The predicted molar refractivity (Wildman–Crippen MR) is 53.1 cm³/mol. The van der Waals surface area contributed by atoms with Crippen LogP contribution in [0.15, 0.2) is 18.3 Å². The van der Waals surface area contributed by atoms with E-state index in [-0.39, 0.29) is 5.97 Å². The van der Waals surface area contributed by atoms with Gasteiger partial charge in [-0.1, -0.05) is 15.9 Å². The maximum atomic E-state index is 11.0. The van der Waals surface area contributed by atoms with Gasteiger partial charge in [0.2, 0.25) is 0 Å². The predicted octanol–water partition coefficient (Wildman–Crippen LogP) is 1.81. The average Bonchev–Trinajstić information content (AvgIpc) is 2.18. The molecular formula is C9H10BrNO2. The van der Waals surface area contributed by atoms with Gasteiger partial charge in [-0.25, -0.2) is 4.79 Å². The van der Waals surface area contributed by atoms with Gasteiger partial charge in [0.25, 0.3) is 0 Å². The Morgan fingerprint density at radius 3 is 2.85 bits per heavy atom. The van der Waals surface area contributed by atoms with Gasteiger partial charge in [-0.15, -0.1) is 0 Å². The second kappa shape index (κ2) is 4.97. The first kappa shape index (κ1) is 10.2. The molecule has 1 heterocycles. The van der Waals surface area contributed by atoms with Crippen molar-refractivity contribution in [2.75, 3.05) is 12.4 Å². The zero-order valence-corrected chi connectivity index (χ0v) is 8.87. The lowest BCUT2D eigenvalue weighted by atomic mass is 10.2. The Morgan fingerprint density at radius 2 is 2.38 bits per heavy atom. The molecule has 1 aromatic heterocycles. The first-order valence-electron chi connectivity index (χ1n) is 3.87. The summed E-state index contributed by atoms with van der Waals surface area (Å²) in [5, 5.41) is 0.873. The lowest BCUT2D eigenvalue weighted by Crippen LogP contribution is -2.02. The van der Waals surface area contributed by atoms with Gasteiger partial charge in [0, 0.05) is 17.2 Å². The highest BCUT2D eigenvalue weighted by molar-refractivity contribution is 9.09. The van der Waals surface area contributed by atoms with Gasteiger partial charge in [0.05, 0.1) is 12.7 Å². The molecule has 0 aliphatic rings. The Morgan fingerprint density at radius 1 is 1.62 bits per heavy atom. The number of aromatic nitrogens is 1. The first-order chi connectivity index (χ1) is 6.27. The highest BCUT2D eigenvalue weighted by Gasteiger charge is 2.04. The Bertz CT molecular complexity index is 284. The Kier molecular flexibility index (Phi) is 3.89. The van der Waals surface area contributed by atoms with Crippen molar-refractivity contribution in [1.29, 1.82) is 0 Å². The van der Waals surface area contributed by atoms with Crippen LogP contribution >= 0.6 is 15.9 Å². The minimum absolute atomic E-state index is 0.349. The number of aryl methyl sites for hydroxylation is 1. The minimum atomic E-state index is -0.349. The van der Waals surface area contributed by atoms with E-state index in [9.17, 15) is 4.79 Å². The fraction of sp³-hybridized carbons (Fsp3) is 0.333. The minimum Gasteiger partial charge on any atom is -0.465 e. The summed E-state index contributed by atoms with van der Waals surface area (Å²) in [7, 11) is 1.36. The van der Waals surface area contributed by atoms with E-state index < -0.39 is 0 Å². The highest BCUT2D eigenvalue weighted by Crippen LogP contribution is 2.03. The lowest BCUT2D eigenvalue weighted by molar-refractivity contribution is 0.0600. The van der Waals surface area contributed by atoms with Gasteiger partial charge >= 0.3 is 5.97 Å². The van der Waals surface area contributed by atoms with Gasteiger partial charge < -0.3 is 4.74 Å². The molecule has 0 spiro atoms. The fourth-order valence-electron chi connectivity index (χ4n) is 0.908. The maximum absolute atomic E-state index is 11.0. The van der Waals surface area contributed by atoms with E-state index >= 15 is 0 Å². The molecule has 70 valence electrons. The molecule has 0 unspecified atom stereocenters. The fourth-order valence-corrected chi connectivity index (χ4v) is 1.31. The molecule has 0 saturated heterocycles. The standard InChI is InChI=1S/C9H10BrNO2/c1-13-9(12)7-2-3-8(4-5-10)11-6-7/h2-3,6H,4-5H2,1H3. The summed E-state index contributed by atoms with van der Waals surface area (Å²) in [4.78, 5) is 15.1. The van der Waals surface area contributed by atoms with Crippen molar-refractivity contribution in [1.82, 2.24) is 4.98 Å². The first-order valence-corrected chi connectivity index (χ1v) is 4.99. The molecule has 0 aliphatic heterocycles. The third-order valence-electron chi connectivity index (χ3n) is 1.60. The highest BCUT2D eigenvalue weighted by atomic mass is 79.9. The molecule has 0 aromatic carbocycles. The molecule has 0 saturated carbocycles. The Labute approximate surface area is 85.3 Å². The van der Waals surface area contributed by atoms with Crippen LogP contribution in [-0.2, 0) is 11.2 Å². The number of carbonyl (C=O) groups excluding carboxylic acids is 1. The molecular weight excluding hydrogens is 234 g/mol. The normalized spacial score (nSPS) is 9.69. The third-order valence-corrected chi connectivity index (χ3v) is 1.99. The van der Waals surface area contributed by atoms with Crippen molar-refractivity contribution in [3.63, 3.8) is 0 Å². The van der Waals surface area contributed by atoms with Gasteiger partial charge in [-0.3, -0.25) is 4.98 Å². The van der Waals surface area contributed by atoms with Crippen molar-refractivity contribution in [3.8, 4) is 0 Å². The number of nitrogens with zero attached hydrogens (tertiary/aromatic N) is 1. The van der Waals surface area contributed by atoms with E-state index in [1.807, 2.05) is 6.07 Å². The summed E-state index contributed by atoms with van der Waals surface area (Å²) in [6.45, 7) is 0. The molecule has 0 amide bonds. The summed E-state index contributed by atoms with van der Waals surface area (Å²) >= 11 is 3.32. The zero-order valence-electron chi connectivity index (χ0n) is 7.29. The summed E-state index contributed by atoms with van der Waals surface area (Å²) < 4.78 is 4.55. The SMILES string of the molecule is COC(=O)c1ccc(CCBr)nc1. The second-order valence-electron chi connectivity index (χ2n) is 2.47. The van der Waals surface area contributed by atoms with Crippen LogP contribution in [-0.4, -0.2) is 23.4 Å². The van der Waals surface area contributed by atoms with E-state index in [1.54, 1.807) is 6.07 Å². The third kappa shape index (κ3) is 2.81. The molecule has 1 aromatic rings. The lowest BCUT2D eigenvalue weighted by Gasteiger charge is -1.99. The molecule has 4 heteroatoms. The van der Waals surface area contributed by atoms with Gasteiger partial charge in [0.1, 0.15) is 0 Å². The van der Waals surface area contributed by atoms with E-state index in [2.05, 4.69) is 25.7 Å². The summed E-state index contributed by atoms with van der Waals surface area (Å²) in [6, 6.07) is 3.55. The van der Waals surface area contributed by atoms with E-state index in [0.717, 1.165) is 17.4 Å². The molecule has 0 aliphatic carbocycles. The Hall–Kier alpha value is -0.900. The summed E-state index contributed by atoms with van der Waals surface area (Å²) in [5.74, 6) is -0.349. The average molecular weight is 244 g/mol. The number of hydrogen-bond acceptors (Lipinski definition) is 3. The number of carbonyl (C=O) groups is 1. The quantitative estimate of drug-likeness (QED) is 0.601. The second-order valence-corrected chi connectivity index (χ2v) is 3.26. The molecule has 3 nitrogen and oxygen atoms in total. The number of alkyl halides is 1. The number of ether oxygens (including phenoxy) is 1. The zero-order chi connectivity index (χ0) is 9.68. The van der Waals surface area contributed by atoms with Crippen molar-refractivity contribution < 1.29 is 9.53 Å². The van der Waals surface area contributed by atoms with E-state index in [4.69, 9.17) is 0 Å². The monoisotopic (exact) mass is 243 g/mol. The molecule has 1 rings (SSSR count). The van der Waals surface area contributed by atoms with Crippen molar-refractivity contribution in [3.05, 3.63) is 29.6 Å². The van der Waals surface area contributed by atoms with E-state index in [1.165, 1.54) is 13.3 Å². The summed E-state index contributed by atoms with van der Waals surface area (Å²) in [6.07, 6.45) is 2.39. The number of halogens is 1. The number of pyridine rings is 1. The van der Waals surface area contributed by atoms with Gasteiger partial charge in [-0.2, -0.15) is 0 Å². The van der Waals surface area contributed by atoms with Crippen molar-refractivity contribution >= 4 is 21.9 Å². The smallest absolute Gasteiger partial charge is 0.339 e. The topological polar surface area (TPSA) is 39.2 Å². The van der Waals surface area contributed by atoms with Crippen molar-refractivity contribution in [2.45, 2.75) is 6.42 Å². The van der Waals surface area contributed by atoms with Crippen LogP contribution in [0, 0.1) is 0 Å².